The maximum atomic E-state index is 13.0. The normalized spacial score (nSPS) is 21.0. The molecule has 1 fully saturated rings. The van der Waals surface area contributed by atoms with Gasteiger partial charge in [0.15, 0.2) is 0 Å². The second-order valence-corrected chi connectivity index (χ2v) is 10.8. The fourth-order valence-corrected chi connectivity index (χ4v) is 5.94. The number of nitrogens with one attached hydrogen (secondary N) is 1. The second kappa shape index (κ2) is 8.61. The number of hydrogen-bond donors (Lipinski definition) is 1. The average Bonchev–Trinajstić information content (AvgIpc) is 3.13. The van der Waals surface area contributed by atoms with Crippen molar-refractivity contribution in [2.75, 3.05) is 13.1 Å². The van der Waals surface area contributed by atoms with Crippen LogP contribution >= 0.6 is 11.3 Å². The molecule has 0 bridgehead atoms. The Kier molecular flexibility index (Phi) is 6.12. The van der Waals surface area contributed by atoms with Gasteiger partial charge in [-0.25, -0.2) is 0 Å². The van der Waals surface area contributed by atoms with Gasteiger partial charge in [-0.3, -0.25) is 9.69 Å². The molecule has 0 spiro atoms. The Hall–Kier alpha value is -1.65. The predicted molar refractivity (Wildman–Crippen MR) is 121 cm³/mol. The lowest BCUT2D eigenvalue weighted by Gasteiger charge is -2.34. The monoisotopic (exact) mass is 410 g/mol. The lowest BCUT2D eigenvalue weighted by molar-refractivity contribution is 0.0908. The Balaban J connectivity index is 1.31. The molecular weight excluding hydrogens is 376 g/mol. The minimum Gasteiger partial charge on any atom is -0.349 e. The van der Waals surface area contributed by atoms with Crippen LogP contribution in [0.2, 0.25) is 0 Å². The van der Waals surface area contributed by atoms with Crippen LogP contribution in [0.4, 0.5) is 0 Å². The molecule has 156 valence electrons. The summed E-state index contributed by atoms with van der Waals surface area (Å²) in [6, 6.07) is 11.0. The zero-order valence-corrected chi connectivity index (χ0v) is 18.9. The Morgan fingerprint density at radius 1 is 1.14 bits per heavy atom. The van der Waals surface area contributed by atoms with Gasteiger partial charge in [0.1, 0.15) is 0 Å². The van der Waals surface area contributed by atoms with Crippen molar-refractivity contribution in [2.24, 2.45) is 11.3 Å². The molecule has 1 aliphatic heterocycles. The molecule has 1 saturated heterocycles. The number of nitrogens with zero attached hydrogens (tertiary/aromatic N) is 1. The lowest BCUT2D eigenvalue weighted by Crippen LogP contribution is -2.44. The van der Waals surface area contributed by atoms with Crippen molar-refractivity contribution in [3.05, 3.63) is 57.3 Å². The van der Waals surface area contributed by atoms with Crippen LogP contribution in [0.15, 0.2) is 35.7 Å². The SMILES string of the molecule is CC(C)(C)C1CCc2c(C(=O)NC3CCN(Cc4ccccc4)CC3)csc2C1. The molecule has 1 amide bonds. The van der Waals surface area contributed by atoms with Gasteiger partial charge in [-0.15, -0.1) is 11.3 Å². The number of hydrogen-bond acceptors (Lipinski definition) is 3. The van der Waals surface area contributed by atoms with Crippen molar-refractivity contribution in [3.8, 4) is 0 Å². The van der Waals surface area contributed by atoms with E-state index in [1.165, 1.54) is 22.4 Å². The summed E-state index contributed by atoms with van der Waals surface area (Å²) in [5, 5.41) is 5.45. The van der Waals surface area contributed by atoms with Crippen molar-refractivity contribution in [2.45, 2.75) is 65.5 Å². The molecule has 4 rings (SSSR count). The van der Waals surface area contributed by atoms with E-state index in [1.54, 1.807) is 11.3 Å². The maximum absolute atomic E-state index is 13.0. The Morgan fingerprint density at radius 3 is 2.55 bits per heavy atom. The van der Waals surface area contributed by atoms with Crippen LogP contribution in [-0.2, 0) is 19.4 Å². The molecule has 1 unspecified atom stereocenters. The first-order valence-corrected chi connectivity index (χ1v) is 11.9. The highest BCUT2D eigenvalue weighted by Gasteiger charge is 2.32. The van der Waals surface area contributed by atoms with Gasteiger partial charge >= 0.3 is 0 Å². The zero-order valence-electron chi connectivity index (χ0n) is 18.0. The number of fused-ring (bicyclic) bond motifs is 1. The number of carbonyl (C=O) groups is 1. The topological polar surface area (TPSA) is 32.3 Å². The number of piperidine rings is 1. The zero-order chi connectivity index (χ0) is 20.4. The van der Waals surface area contributed by atoms with Crippen LogP contribution in [0.3, 0.4) is 0 Å². The molecule has 1 aliphatic carbocycles. The summed E-state index contributed by atoms with van der Waals surface area (Å²) >= 11 is 1.79. The molecule has 4 heteroatoms. The Bertz CT molecular complexity index is 828. The van der Waals surface area contributed by atoms with E-state index < -0.39 is 0 Å². The quantitative estimate of drug-likeness (QED) is 0.742. The molecule has 29 heavy (non-hydrogen) atoms. The molecule has 3 nitrogen and oxygen atoms in total. The molecule has 2 aromatic rings. The predicted octanol–water partition coefficient (Wildman–Crippen LogP) is 5.29. The first-order chi connectivity index (χ1) is 13.9. The van der Waals surface area contributed by atoms with E-state index >= 15 is 0 Å². The summed E-state index contributed by atoms with van der Waals surface area (Å²) in [4.78, 5) is 16.9. The van der Waals surface area contributed by atoms with Crippen LogP contribution in [0.25, 0.3) is 0 Å². The molecule has 1 aromatic carbocycles. The molecule has 1 atom stereocenters. The van der Waals surface area contributed by atoms with Crippen molar-refractivity contribution in [1.82, 2.24) is 10.2 Å². The van der Waals surface area contributed by atoms with E-state index in [2.05, 4.69) is 66.7 Å². The number of likely N-dealkylation sites (tertiary alicyclic amines) is 1. The summed E-state index contributed by atoms with van der Waals surface area (Å²) in [6.07, 6.45) is 5.47. The fraction of sp³-hybridized carbons (Fsp3) is 0.560. The largest absolute Gasteiger partial charge is 0.349 e. The van der Waals surface area contributed by atoms with Gasteiger partial charge in [0.2, 0.25) is 0 Å². The van der Waals surface area contributed by atoms with E-state index in [0.717, 1.165) is 56.8 Å². The fourth-order valence-electron chi connectivity index (χ4n) is 4.78. The summed E-state index contributed by atoms with van der Waals surface area (Å²) in [7, 11) is 0. The third kappa shape index (κ3) is 4.92. The third-order valence-corrected chi connectivity index (χ3v) is 7.85. The molecule has 2 heterocycles. The summed E-state index contributed by atoms with van der Waals surface area (Å²) < 4.78 is 0. The molecule has 0 radical (unpaired) electrons. The summed E-state index contributed by atoms with van der Waals surface area (Å²) in [6.45, 7) is 10.1. The third-order valence-electron chi connectivity index (χ3n) is 6.80. The van der Waals surface area contributed by atoms with E-state index in [1.807, 2.05) is 0 Å². The van der Waals surface area contributed by atoms with Gasteiger partial charge in [0.05, 0.1) is 5.56 Å². The highest BCUT2D eigenvalue weighted by atomic mass is 32.1. The minimum atomic E-state index is 0.151. The highest BCUT2D eigenvalue weighted by molar-refractivity contribution is 7.10. The molecule has 1 N–H and O–H groups in total. The Labute approximate surface area is 179 Å². The number of thiophene rings is 1. The van der Waals surface area contributed by atoms with E-state index in [0.29, 0.717) is 11.5 Å². The van der Waals surface area contributed by atoms with E-state index in [9.17, 15) is 4.79 Å². The highest BCUT2D eigenvalue weighted by Crippen LogP contribution is 2.40. The van der Waals surface area contributed by atoms with Gasteiger partial charge in [0.25, 0.3) is 5.91 Å². The van der Waals surface area contributed by atoms with Gasteiger partial charge in [-0.05, 0) is 54.6 Å². The van der Waals surface area contributed by atoms with E-state index in [-0.39, 0.29) is 5.91 Å². The van der Waals surface area contributed by atoms with E-state index in [4.69, 9.17) is 0 Å². The molecule has 0 saturated carbocycles. The second-order valence-electron chi connectivity index (χ2n) is 9.87. The molecular formula is C25H34N2OS. The van der Waals surface area contributed by atoms with Crippen molar-refractivity contribution in [1.29, 1.82) is 0 Å². The van der Waals surface area contributed by atoms with Gasteiger partial charge in [-0.2, -0.15) is 0 Å². The standard InChI is InChI=1S/C25H34N2OS/c1-25(2,3)19-9-10-21-22(17-29-23(21)15-19)24(28)26-20-11-13-27(14-12-20)16-18-7-5-4-6-8-18/h4-8,17,19-20H,9-16H2,1-3H3,(H,26,28). The first-order valence-electron chi connectivity index (χ1n) is 11.1. The minimum absolute atomic E-state index is 0.151. The summed E-state index contributed by atoms with van der Waals surface area (Å²) in [5.74, 6) is 0.872. The Morgan fingerprint density at radius 2 is 1.86 bits per heavy atom. The number of rotatable bonds is 4. The van der Waals surface area contributed by atoms with Crippen LogP contribution in [0, 0.1) is 11.3 Å². The maximum Gasteiger partial charge on any atom is 0.252 e. The van der Waals surface area contributed by atoms with Crippen LogP contribution in [0.5, 0.6) is 0 Å². The van der Waals surface area contributed by atoms with Crippen molar-refractivity contribution in [3.63, 3.8) is 0 Å². The number of benzene rings is 1. The first kappa shape index (κ1) is 20.6. The van der Waals surface area contributed by atoms with Crippen molar-refractivity contribution < 1.29 is 4.79 Å². The van der Waals surface area contributed by atoms with Crippen LogP contribution < -0.4 is 5.32 Å². The van der Waals surface area contributed by atoms with Crippen LogP contribution in [0.1, 0.15) is 66.4 Å². The number of carbonyl (C=O) groups excluding carboxylic acids is 1. The average molecular weight is 411 g/mol. The van der Waals surface area contributed by atoms with Gasteiger partial charge < -0.3 is 5.32 Å². The van der Waals surface area contributed by atoms with Crippen molar-refractivity contribution >= 4 is 17.2 Å². The summed E-state index contributed by atoms with van der Waals surface area (Å²) in [5.41, 5.74) is 3.99. The number of amides is 1. The van der Waals surface area contributed by atoms with Gasteiger partial charge in [-0.1, -0.05) is 51.1 Å². The van der Waals surface area contributed by atoms with Crippen LogP contribution in [-0.4, -0.2) is 29.9 Å². The molecule has 1 aromatic heterocycles. The van der Waals surface area contributed by atoms with Gasteiger partial charge in [0, 0.05) is 35.9 Å². The lowest BCUT2D eigenvalue weighted by atomic mass is 9.72. The molecule has 2 aliphatic rings. The smallest absolute Gasteiger partial charge is 0.252 e.